The predicted octanol–water partition coefficient (Wildman–Crippen LogP) is -0.469. The SMILES string of the molecule is OCC1C(Cc2ccccc2)NC[C@@H](O)[C@H]1O. The molecule has 2 rings (SSSR count). The third-order valence-electron chi connectivity index (χ3n) is 3.45. The Kier molecular flexibility index (Phi) is 4.12. The average molecular weight is 237 g/mol. The maximum Gasteiger partial charge on any atom is 0.0927 e. The van der Waals surface area contributed by atoms with Crippen molar-refractivity contribution >= 4 is 0 Å². The van der Waals surface area contributed by atoms with Crippen molar-refractivity contribution in [3.8, 4) is 0 Å². The van der Waals surface area contributed by atoms with Crippen LogP contribution in [0.25, 0.3) is 0 Å². The third kappa shape index (κ3) is 2.84. The lowest BCUT2D eigenvalue weighted by molar-refractivity contribution is -0.0664. The van der Waals surface area contributed by atoms with Crippen LogP contribution in [0, 0.1) is 5.92 Å². The topological polar surface area (TPSA) is 72.7 Å². The van der Waals surface area contributed by atoms with Crippen LogP contribution in [0.3, 0.4) is 0 Å². The van der Waals surface area contributed by atoms with E-state index in [1.807, 2.05) is 30.3 Å². The number of nitrogens with one attached hydrogen (secondary N) is 1. The summed E-state index contributed by atoms with van der Waals surface area (Å²) in [5.74, 6) is -0.320. The molecule has 1 aliphatic heterocycles. The van der Waals surface area contributed by atoms with Gasteiger partial charge in [-0.05, 0) is 12.0 Å². The Morgan fingerprint density at radius 2 is 1.88 bits per heavy atom. The Balaban J connectivity index is 2.05. The highest BCUT2D eigenvalue weighted by molar-refractivity contribution is 5.16. The van der Waals surface area contributed by atoms with Gasteiger partial charge in [0.2, 0.25) is 0 Å². The van der Waals surface area contributed by atoms with Crippen molar-refractivity contribution in [2.75, 3.05) is 13.2 Å². The largest absolute Gasteiger partial charge is 0.396 e. The van der Waals surface area contributed by atoms with Gasteiger partial charge in [-0.3, -0.25) is 0 Å². The van der Waals surface area contributed by atoms with Gasteiger partial charge in [0.15, 0.2) is 0 Å². The van der Waals surface area contributed by atoms with E-state index in [1.54, 1.807) is 0 Å². The quantitative estimate of drug-likeness (QED) is 0.573. The monoisotopic (exact) mass is 237 g/mol. The normalized spacial score (nSPS) is 33.6. The molecule has 0 amide bonds. The van der Waals surface area contributed by atoms with Crippen LogP contribution in [-0.4, -0.2) is 46.7 Å². The highest BCUT2D eigenvalue weighted by Gasteiger charge is 2.36. The lowest BCUT2D eigenvalue weighted by Crippen LogP contribution is -2.58. The molecule has 4 nitrogen and oxygen atoms in total. The lowest BCUT2D eigenvalue weighted by Gasteiger charge is -2.38. The number of benzene rings is 1. The van der Waals surface area contributed by atoms with Gasteiger partial charge < -0.3 is 20.6 Å². The molecule has 4 heteroatoms. The van der Waals surface area contributed by atoms with E-state index in [4.69, 9.17) is 0 Å². The van der Waals surface area contributed by atoms with Gasteiger partial charge in [-0.15, -0.1) is 0 Å². The number of hydrogen-bond acceptors (Lipinski definition) is 4. The van der Waals surface area contributed by atoms with E-state index in [0.717, 1.165) is 12.0 Å². The highest BCUT2D eigenvalue weighted by atomic mass is 16.3. The van der Waals surface area contributed by atoms with Crippen LogP contribution >= 0.6 is 0 Å². The average Bonchev–Trinajstić information content (AvgIpc) is 2.36. The van der Waals surface area contributed by atoms with Gasteiger partial charge in [-0.1, -0.05) is 30.3 Å². The molecule has 0 spiro atoms. The fourth-order valence-corrected chi connectivity index (χ4v) is 2.39. The van der Waals surface area contributed by atoms with E-state index in [0.29, 0.717) is 6.54 Å². The summed E-state index contributed by atoms with van der Waals surface area (Å²) in [6, 6.07) is 9.94. The van der Waals surface area contributed by atoms with Crippen molar-refractivity contribution in [2.24, 2.45) is 5.92 Å². The minimum atomic E-state index is -0.852. The first-order valence-electron chi connectivity index (χ1n) is 5.96. The number of aliphatic hydroxyl groups is 3. The molecule has 0 radical (unpaired) electrons. The summed E-state index contributed by atoms with van der Waals surface area (Å²) in [4.78, 5) is 0. The van der Waals surface area contributed by atoms with Gasteiger partial charge in [0.25, 0.3) is 0 Å². The lowest BCUT2D eigenvalue weighted by atomic mass is 9.84. The van der Waals surface area contributed by atoms with Crippen molar-refractivity contribution in [1.82, 2.24) is 5.32 Å². The summed E-state index contributed by atoms with van der Waals surface area (Å²) in [6.45, 7) is 0.248. The Hall–Kier alpha value is -0.940. The van der Waals surface area contributed by atoms with Crippen molar-refractivity contribution in [2.45, 2.75) is 24.7 Å². The van der Waals surface area contributed by atoms with Gasteiger partial charge in [0.05, 0.1) is 12.2 Å². The molecular formula is C13H19NO3. The molecule has 1 aromatic rings. The van der Waals surface area contributed by atoms with Crippen LogP contribution in [0.4, 0.5) is 0 Å². The molecule has 1 saturated heterocycles. The van der Waals surface area contributed by atoms with Crippen molar-refractivity contribution < 1.29 is 15.3 Å². The zero-order valence-electron chi connectivity index (χ0n) is 9.66. The first kappa shape index (κ1) is 12.5. The summed E-state index contributed by atoms with van der Waals surface area (Å²) in [5, 5.41) is 31.9. The molecule has 0 saturated carbocycles. The van der Waals surface area contributed by atoms with E-state index in [2.05, 4.69) is 5.32 Å². The molecule has 0 bridgehead atoms. The van der Waals surface area contributed by atoms with Gasteiger partial charge in [-0.25, -0.2) is 0 Å². The molecule has 94 valence electrons. The fraction of sp³-hybridized carbons (Fsp3) is 0.538. The summed E-state index contributed by atoms with van der Waals surface area (Å²) in [6.07, 6.45) is -0.898. The first-order chi connectivity index (χ1) is 8.22. The summed E-state index contributed by atoms with van der Waals surface area (Å²) in [5.41, 5.74) is 1.16. The van der Waals surface area contributed by atoms with E-state index in [9.17, 15) is 15.3 Å². The molecule has 4 atom stereocenters. The number of piperidine rings is 1. The van der Waals surface area contributed by atoms with Crippen molar-refractivity contribution in [1.29, 1.82) is 0 Å². The minimum Gasteiger partial charge on any atom is -0.396 e. The third-order valence-corrected chi connectivity index (χ3v) is 3.45. The summed E-state index contributed by atoms with van der Waals surface area (Å²) < 4.78 is 0. The second-order valence-electron chi connectivity index (χ2n) is 4.61. The zero-order valence-corrected chi connectivity index (χ0v) is 9.66. The van der Waals surface area contributed by atoms with Crippen LogP contribution in [0.1, 0.15) is 5.56 Å². The maximum absolute atomic E-state index is 9.84. The highest BCUT2D eigenvalue weighted by Crippen LogP contribution is 2.20. The maximum atomic E-state index is 9.84. The predicted molar refractivity (Wildman–Crippen MR) is 64.5 cm³/mol. The van der Waals surface area contributed by atoms with E-state index in [1.165, 1.54) is 0 Å². The standard InChI is InChI=1S/C13H19NO3/c15-8-10-11(14-7-12(16)13(10)17)6-9-4-2-1-3-5-9/h1-5,10-17H,6-8H2/t10?,11?,12-,13+/m1/s1. The molecule has 1 heterocycles. The van der Waals surface area contributed by atoms with Crippen molar-refractivity contribution in [3.05, 3.63) is 35.9 Å². The molecule has 4 N–H and O–H groups in total. The molecular weight excluding hydrogens is 218 g/mol. The van der Waals surface area contributed by atoms with Crippen LogP contribution in [0.15, 0.2) is 30.3 Å². The Labute approximate surface area is 101 Å². The number of rotatable bonds is 3. The second-order valence-corrected chi connectivity index (χ2v) is 4.61. The Bertz CT molecular complexity index is 344. The van der Waals surface area contributed by atoms with Gasteiger partial charge >= 0.3 is 0 Å². The van der Waals surface area contributed by atoms with Crippen LogP contribution in [0.5, 0.6) is 0 Å². The van der Waals surface area contributed by atoms with Gasteiger partial charge in [-0.2, -0.15) is 0 Å². The van der Waals surface area contributed by atoms with E-state index in [-0.39, 0.29) is 18.6 Å². The fourth-order valence-electron chi connectivity index (χ4n) is 2.39. The molecule has 1 fully saturated rings. The molecule has 17 heavy (non-hydrogen) atoms. The molecule has 1 aromatic carbocycles. The van der Waals surface area contributed by atoms with E-state index < -0.39 is 12.2 Å². The zero-order chi connectivity index (χ0) is 12.3. The molecule has 2 unspecified atom stereocenters. The van der Waals surface area contributed by atoms with Gasteiger partial charge in [0.1, 0.15) is 0 Å². The van der Waals surface area contributed by atoms with Crippen LogP contribution in [0.2, 0.25) is 0 Å². The number of hydrogen-bond donors (Lipinski definition) is 4. The number of β-amino-alcohol motifs (C(OH)–C–C–N with tert-alkyl or cyclic N) is 1. The van der Waals surface area contributed by atoms with Crippen LogP contribution in [-0.2, 0) is 6.42 Å². The summed E-state index contributed by atoms with van der Waals surface area (Å²) in [7, 11) is 0. The van der Waals surface area contributed by atoms with Crippen LogP contribution < -0.4 is 5.32 Å². The van der Waals surface area contributed by atoms with Crippen molar-refractivity contribution in [3.63, 3.8) is 0 Å². The smallest absolute Gasteiger partial charge is 0.0927 e. The second kappa shape index (κ2) is 5.60. The minimum absolute atomic E-state index is 0.000741. The Morgan fingerprint density at radius 3 is 2.53 bits per heavy atom. The first-order valence-corrected chi connectivity index (χ1v) is 5.96. The number of aliphatic hydroxyl groups excluding tert-OH is 3. The molecule has 1 aliphatic rings. The molecule has 0 aromatic heterocycles. The molecule has 0 aliphatic carbocycles. The van der Waals surface area contributed by atoms with Gasteiger partial charge in [0, 0.05) is 25.1 Å². The summed E-state index contributed by atoms with van der Waals surface area (Å²) >= 11 is 0. The Morgan fingerprint density at radius 1 is 1.18 bits per heavy atom. The van der Waals surface area contributed by atoms with E-state index >= 15 is 0 Å².